The number of esters is 1. The first-order chi connectivity index (χ1) is 15.3. The number of benzene rings is 2. The van der Waals surface area contributed by atoms with Crippen molar-refractivity contribution < 1.29 is 23.0 Å². The number of hydrogen-bond donors (Lipinski definition) is 2. The first kappa shape index (κ1) is 23.9. The molecule has 168 valence electrons. The summed E-state index contributed by atoms with van der Waals surface area (Å²) in [6.07, 6.45) is 0. The molecule has 5 nitrogen and oxygen atoms in total. The van der Waals surface area contributed by atoms with Gasteiger partial charge in [-0.15, -0.1) is 11.3 Å². The van der Waals surface area contributed by atoms with E-state index in [-0.39, 0.29) is 22.5 Å². The Balaban J connectivity index is 1.86. The standard InChI is InChI=1S/C22H19ClF2N2O3S2/c1-3-29-20(28)18-17(13-7-5-4-6-8-13)12(2)32-19(18)27-22(31)26-14-9-10-16(15(23)11-14)30-21(24)25/h4-11,21H,3H2,1-2H3,(H2,26,27,31). The molecule has 0 bridgehead atoms. The zero-order chi connectivity index (χ0) is 23.3. The number of carbonyl (C=O) groups is 1. The van der Waals surface area contributed by atoms with Crippen molar-refractivity contribution >= 4 is 56.9 Å². The molecule has 3 rings (SSSR count). The van der Waals surface area contributed by atoms with E-state index < -0.39 is 12.6 Å². The molecule has 1 aromatic heterocycles. The number of alkyl halides is 2. The number of aryl methyl sites for hydroxylation is 1. The first-order valence-electron chi connectivity index (χ1n) is 9.48. The monoisotopic (exact) mass is 496 g/mol. The topological polar surface area (TPSA) is 59.6 Å². The molecule has 0 fully saturated rings. The maximum atomic E-state index is 12.8. The van der Waals surface area contributed by atoms with Crippen molar-refractivity contribution in [1.29, 1.82) is 0 Å². The summed E-state index contributed by atoms with van der Waals surface area (Å²) in [5, 5.41) is 6.69. The summed E-state index contributed by atoms with van der Waals surface area (Å²) in [5.74, 6) is -0.602. The van der Waals surface area contributed by atoms with Crippen molar-refractivity contribution in [2.24, 2.45) is 0 Å². The van der Waals surface area contributed by atoms with E-state index in [1.807, 2.05) is 37.3 Å². The summed E-state index contributed by atoms with van der Waals surface area (Å²) in [7, 11) is 0. The van der Waals surface area contributed by atoms with Crippen molar-refractivity contribution in [2.45, 2.75) is 20.5 Å². The molecule has 0 aliphatic carbocycles. The predicted molar refractivity (Wildman–Crippen MR) is 128 cm³/mol. The Bertz CT molecular complexity index is 1120. The highest BCUT2D eigenvalue weighted by atomic mass is 35.5. The van der Waals surface area contributed by atoms with Crippen LogP contribution in [0.15, 0.2) is 48.5 Å². The van der Waals surface area contributed by atoms with Gasteiger partial charge in [0.1, 0.15) is 16.3 Å². The number of halogens is 3. The number of rotatable bonds is 7. The van der Waals surface area contributed by atoms with Gasteiger partial charge < -0.3 is 20.1 Å². The van der Waals surface area contributed by atoms with E-state index >= 15 is 0 Å². The van der Waals surface area contributed by atoms with Crippen LogP contribution in [0.2, 0.25) is 5.02 Å². The average Bonchev–Trinajstić information content (AvgIpc) is 3.06. The third-order valence-electron chi connectivity index (χ3n) is 4.26. The number of anilines is 2. The van der Waals surface area contributed by atoms with Gasteiger partial charge in [-0.05, 0) is 49.8 Å². The molecular formula is C22H19ClF2N2O3S2. The molecule has 0 aliphatic heterocycles. The molecule has 0 atom stereocenters. The second kappa shape index (κ2) is 10.7. The van der Waals surface area contributed by atoms with E-state index in [9.17, 15) is 13.6 Å². The van der Waals surface area contributed by atoms with Crippen LogP contribution in [0.1, 0.15) is 22.2 Å². The van der Waals surface area contributed by atoms with Crippen LogP contribution in [0.25, 0.3) is 11.1 Å². The largest absolute Gasteiger partial charge is 0.462 e. The van der Waals surface area contributed by atoms with E-state index in [1.165, 1.54) is 29.5 Å². The third-order valence-corrected chi connectivity index (χ3v) is 5.78. The zero-order valence-corrected chi connectivity index (χ0v) is 19.5. The van der Waals surface area contributed by atoms with E-state index in [0.717, 1.165) is 16.0 Å². The van der Waals surface area contributed by atoms with E-state index in [1.54, 1.807) is 6.92 Å². The predicted octanol–water partition coefficient (Wildman–Crippen LogP) is 6.96. The first-order valence-corrected chi connectivity index (χ1v) is 11.1. The molecule has 0 saturated carbocycles. The minimum Gasteiger partial charge on any atom is -0.462 e. The molecule has 2 aromatic carbocycles. The fraction of sp³-hybridized carbons (Fsp3) is 0.182. The number of nitrogens with one attached hydrogen (secondary N) is 2. The highest BCUT2D eigenvalue weighted by Crippen LogP contribution is 2.40. The molecule has 10 heteroatoms. The smallest absolute Gasteiger partial charge is 0.387 e. The van der Waals surface area contributed by atoms with Crippen LogP contribution in [-0.4, -0.2) is 24.3 Å². The number of carbonyl (C=O) groups excluding carboxylic acids is 1. The Morgan fingerprint density at radius 1 is 1.19 bits per heavy atom. The lowest BCUT2D eigenvalue weighted by Crippen LogP contribution is -2.20. The molecule has 32 heavy (non-hydrogen) atoms. The summed E-state index contributed by atoms with van der Waals surface area (Å²) in [6, 6.07) is 13.7. The van der Waals surface area contributed by atoms with Crippen molar-refractivity contribution in [3.63, 3.8) is 0 Å². The lowest BCUT2D eigenvalue weighted by atomic mass is 10.0. The number of thiocarbonyl (C=S) groups is 1. The molecule has 0 radical (unpaired) electrons. The average molecular weight is 497 g/mol. The SMILES string of the molecule is CCOC(=O)c1c(NC(=S)Nc2ccc(OC(F)F)c(Cl)c2)sc(C)c1-c1ccccc1. The lowest BCUT2D eigenvalue weighted by Gasteiger charge is -2.13. The van der Waals surface area contributed by atoms with Gasteiger partial charge in [-0.2, -0.15) is 8.78 Å². The fourth-order valence-corrected chi connectivity index (χ4v) is 4.60. The second-order valence-corrected chi connectivity index (χ2v) is 8.47. The van der Waals surface area contributed by atoms with E-state index in [0.29, 0.717) is 16.3 Å². The van der Waals surface area contributed by atoms with Crippen LogP contribution in [0.5, 0.6) is 5.75 Å². The minimum atomic E-state index is -2.98. The highest BCUT2D eigenvalue weighted by molar-refractivity contribution is 7.80. The summed E-state index contributed by atoms with van der Waals surface area (Å²) in [6.45, 7) is 0.911. The van der Waals surface area contributed by atoms with Gasteiger partial charge in [0, 0.05) is 16.1 Å². The minimum absolute atomic E-state index is 0.00337. The summed E-state index contributed by atoms with van der Waals surface area (Å²) in [4.78, 5) is 13.7. The van der Waals surface area contributed by atoms with Crippen molar-refractivity contribution in [2.75, 3.05) is 17.2 Å². The van der Waals surface area contributed by atoms with Gasteiger partial charge in [-0.3, -0.25) is 0 Å². The third kappa shape index (κ3) is 5.73. The number of ether oxygens (including phenoxy) is 2. The molecule has 0 saturated heterocycles. The Labute approximate surface area is 198 Å². The molecule has 0 aliphatic rings. The zero-order valence-electron chi connectivity index (χ0n) is 17.1. The Morgan fingerprint density at radius 3 is 2.53 bits per heavy atom. The van der Waals surface area contributed by atoms with Gasteiger partial charge in [0.15, 0.2) is 5.11 Å². The lowest BCUT2D eigenvalue weighted by molar-refractivity contribution is -0.0497. The highest BCUT2D eigenvalue weighted by Gasteiger charge is 2.25. The van der Waals surface area contributed by atoms with Gasteiger partial charge in [-0.25, -0.2) is 4.79 Å². The molecule has 1 heterocycles. The fourth-order valence-electron chi connectivity index (χ4n) is 3.02. The Kier molecular flexibility index (Phi) is 8.00. The summed E-state index contributed by atoms with van der Waals surface area (Å²) in [5.41, 5.74) is 2.51. The quantitative estimate of drug-likeness (QED) is 0.272. The molecule has 3 aromatic rings. The van der Waals surface area contributed by atoms with Gasteiger partial charge in [0.2, 0.25) is 0 Å². The molecule has 0 amide bonds. The Hall–Kier alpha value is -2.75. The molecular weight excluding hydrogens is 478 g/mol. The maximum absolute atomic E-state index is 12.8. The summed E-state index contributed by atoms with van der Waals surface area (Å²) < 4.78 is 34.4. The molecule has 0 unspecified atom stereocenters. The summed E-state index contributed by atoms with van der Waals surface area (Å²) >= 11 is 12.7. The van der Waals surface area contributed by atoms with Crippen molar-refractivity contribution in [3.05, 3.63) is 64.0 Å². The van der Waals surface area contributed by atoms with Crippen LogP contribution in [0, 0.1) is 6.92 Å². The Morgan fingerprint density at radius 2 is 1.91 bits per heavy atom. The van der Waals surface area contributed by atoms with Crippen LogP contribution in [0.3, 0.4) is 0 Å². The van der Waals surface area contributed by atoms with Crippen LogP contribution < -0.4 is 15.4 Å². The van der Waals surface area contributed by atoms with E-state index in [4.69, 9.17) is 28.6 Å². The molecule has 0 spiro atoms. The van der Waals surface area contributed by atoms with Crippen LogP contribution in [0.4, 0.5) is 19.5 Å². The van der Waals surface area contributed by atoms with Gasteiger partial charge >= 0.3 is 12.6 Å². The van der Waals surface area contributed by atoms with Gasteiger partial charge in [0.05, 0.1) is 11.6 Å². The normalized spacial score (nSPS) is 10.7. The van der Waals surface area contributed by atoms with Crippen LogP contribution >= 0.6 is 35.2 Å². The van der Waals surface area contributed by atoms with Gasteiger partial charge in [0.25, 0.3) is 0 Å². The number of thiophene rings is 1. The van der Waals surface area contributed by atoms with Crippen LogP contribution in [-0.2, 0) is 4.74 Å². The maximum Gasteiger partial charge on any atom is 0.387 e. The van der Waals surface area contributed by atoms with E-state index in [2.05, 4.69) is 15.4 Å². The number of hydrogen-bond acceptors (Lipinski definition) is 5. The second-order valence-electron chi connectivity index (χ2n) is 6.43. The van der Waals surface area contributed by atoms with Crippen molar-refractivity contribution in [1.82, 2.24) is 0 Å². The van der Waals surface area contributed by atoms with Crippen molar-refractivity contribution in [3.8, 4) is 16.9 Å². The van der Waals surface area contributed by atoms with Gasteiger partial charge in [-0.1, -0.05) is 41.9 Å². The molecule has 2 N–H and O–H groups in total.